The Morgan fingerprint density at radius 3 is 2.49 bits per heavy atom. The van der Waals surface area contributed by atoms with Crippen molar-refractivity contribution < 1.29 is 29.0 Å². The van der Waals surface area contributed by atoms with E-state index in [2.05, 4.69) is 35.6 Å². The summed E-state index contributed by atoms with van der Waals surface area (Å²) >= 11 is 0. The smallest absolute Gasteiger partial charge is 0.326 e. The van der Waals surface area contributed by atoms with Crippen LogP contribution in [0.25, 0.3) is 0 Å². The van der Waals surface area contributed by atoms with Crippen LogP contribution in [0.3, 0.4) is 0 Å². The quantitative estimate of drug-likeness (QED) is 0.341. The maximum absolute atomic E-state index is 12.7. The number of hydrogen-bond donors (Lipinski definition) is 3. The van der Waals surface area contributed by atoms with E-state index in [1.807, 2.05) is 12.1 Å². The van der Waals surface area contributed by atoms with Crippen LogP contribution in [0.4, 0.5) is 0 Å². The van der Waals surface area contributed by atoms with Gasteiger partial charge in [-0.05, 0) is 56.5 Å². The highest BCUT2D eigenvalue weighted by Gasteiger charge is 2.34. The number of likely N-dealkylation sites (N-methyl/N-ethyl adjacent to an activating group) is 1. The third-order valence-corrected chi connectivity index (χ3v) is 6.67. The van der Waals surface area contributed by atoms with Gasteiger partial charge in [0.1, 0.15) is 17.8 Å². The lowest BCUT2D eigenvalue weighted by Crippen LogP contribution is -2.53. The number of nitrogens with zero attached hydrogens (tertiary/aromatic N) is 1. The molecule has 3 N–H and O–H groups in total. The van der Waals surface area contributed by atoms with E-state index in [-0.39, 0.29) is 11.3 Å². The number of hydrogen-bond acceptors (Lipinski definition) is 6. The molecule has 0 aliphatic carbocycles. The Hall–Kier alpha value is -2.94. The van der Waals surface area contributed by atoms with E-state index < -0.39 is 42.3 Å². The van der Waals surface area contributed by atoms with Crippen molar-refractivity contribution in [2.75, 3.05) is 20.1 Å². The fraction of sp³-hybridized carbons (Fsp3) is 0.615. The van der Waals surface area contributed by atoms with Crippen LogP contribution < -0.4 is 15.4 Å². The number of carbonyl (C=O) groups is 4. The summed E-state index contributed by atoms with van der Waals surface area (Å²) in [5, 5.41) is 14.2. The van der Waals surface area contributed by atoms with Crippen LogP contribution >= 0.6 is 0 Å². The number of carboxylic acid groups (broad SMARTS) is 1. The molecule has 0 saturated carbocycles. The average molecular weight is 490 g/mol. The fourth-order valence-corrected chi connectivity index (χ4v) is 4.70. The maximum atomic E-state index is 12.7. The van der Waals surface area contributed by atoms with Gasteiger partial charge in [0.15, 0.2) is 0 Å². The van der Waals surface area contributed by atoms with Crippen LogP contribution in [0.15, 0.2) is 24.3 Å². The van der Waals surface area contributed by atoms with E-state index in [0.29, 0.717) is 5.75 Å². The summed E-state index contributed by atoms with van der Waals surface area (Å²) in [7, 11) is 2.13. The number of nitrogens with one attached hydrogen (secondary N) is 2. The molecular weight excluding hydrogens is 450 g/mol. The molecule has 0 spiro atoms. The lowest BCUT2D eigenvalue weighted by molar-refractivity contribution is -0.144. The molecule has 2 rings (SSSR count). The topological polar surface area (TPSA) is 125 Å². The van der Waals surface area contributed by atoms with Gasteiger partial charge in [-0.15, -0.1) is 0 Å². The Morgan fingerprint density at radius 1 is 1.17 bits per heavy atom. The van der Waals surface area contributed by atoms with Crippen LogP contribution in [0.2, 0.25) is 0 Å². The van der Waals surface area contributed by atoms with Crippen molar-refractivity contribution >= 4 is 23.8 Å². The van der Waals surface area contributed by atoms with E-state index in [0.717, 1.165) is 44.3 Å². The molecule has 1 aromatic carbocycles. The van der Waals surface area contributed by atoms with Gasteiger partial charge in [0, 0.05) is 18.9 Å². The third-order valence-electron chi connectivity index (χ3n) is 6.67. The summed E-state index contributed by atoms with van der Waals surface area (Å²) in [6, 6.07) is 5.10. The molecule has 3 atom stereocenters. The maximum Gasteiger partial charge on any atom is 0.326 e. The minimum absolute atomic E-state index is 0.0328. The molecule has 1 fully saturated rings. The highest BCUT2D eigenvalue weighted by Crippen LogP contribution is 2.37. The second kappa shape index (κ2) is 12.7. The number of carboxylic acids is 1. The third kappa shape index (κ3) is 8.06. The average Bonchev–Trinajstić information content (AvgIpc) is 2.98. The zero-order chi connectivity index (χ0) is 26.2. The molecule has 2 amide bonds. The fourth-order valence-electron chi connectivity index (χ4n) is 4.70. The summed E-state index contributed by atoms with van der Waals surface area (Å²) in [6.07, 6.45) is 3.86. The highest BCUT2D eigenvalue weighted by molar-refractivity contribution is 5.93. The van der Waals surface area contributed by atoms with Crippen LogP contribution in [0.1, 0.15) is 65.4 Å². The highest BCUT2D eigenvalue weighted by atomic mass is 16.5. The zero-order valence-corrected chi connectivity index (χ0v) is 21.4. The molecule has 0 radical (unpaired) electrons. The van der Waals surface area contributed by atoms with E-state index >= 15 is 0 Å². The molecule has 3 unspecified atom stereocenters. The normalized spacial score (nSPS) is 20.4. The lowest BCUT2D eigenvalue weighted by Gasteiger charge is -2.35. The first-order valence-electron chi connectivity index (χ1n) is 12.3. The summed E-state index contributed by atoms with van der Waals surface area (Å²) in [6.45, 7) is 8.69. The molecule has 1 saturated heterocycles. The second-order valence-electron chi connectivity index (χ2n) is 9.86. The Balaban J connectivity index is 2.16. The van der Waals surface area contributed by atoms with Gasteiger partial charge in [-0.2, -0.15) is 0 Å². The van der Waals surface area contributed by atoms with Crippen LogP contribution in [-0.2, 0) is 24.6 Å². The zero-order valence-electron chi connectivity index (χ0n) is 21.4. The van der Waals surface area contributed by atoms with Crippen LogP contribution in [-0.4, -0.2) is 66.0 Å². The van der Waals surface area contributed by atoms with Gasteiger partial charge in [-0.25, -0.2) is 4.79 Å². The van der Waals surface area contributed by atoms with Gasteiger partial charge < -0.3 is 25.4 Å². The van der Waals surface area contributed by atoms with Gasteiger partial charge >= 0.3 is 11.9 Å². The summed E-state index contributed by atoms with van der Waals surface area (Å²) < 4.78 is 5.56. The standard InChI is InChI=1S/C26H39N3O6/c1-6-26(12-7-8-13-29(5)16-26)19-10-9-11-20(14-19)35-22(31)15-21(27-18(4)30)24(32)28-23(17(2)3)25(33)34/h9-11,14,17,21,23H,6-8,12-13,15-16H2,1-5H3,(H,27,30)(H,28,32)(H,33,34). The van der Waals surface area contributed by atoms with Gasteiger partial charge in [-0.1, -0.05) is 39.3 Å². The van der Waals surface area contributed by atoms with Crippen LogP contribution in [0.5, 0.6) is 5.75 Å². The number of amides is 2. The lowest BCUT2D eigenvalue weighted by atomic mass is 9.74. The van der Waals surface area contributed by atoms with E-state index in [4.69, 9.17) is 4.74 Å². The van der Waals surface area contributed by atoms with Gasteiger partial charge in [-0.3, -0.25) is 14.4 Å². The van der Waals surface area contributed by atoms with Gasteiger partial charge in [0.2, 0.25) is 11.8 Å². The van der Waals surface area contributed by atoms with E-state index in [1.165, 1.54) is 6.92 Å². The number of aliphatic carboxylic acids is 1. The second-order valence-corrected chi connectivity index (χ2v) is 9.86. The SMILES string of the molecule is CCC1(c2cccc(OC(=O)CC(NC(C)=O)C(=O)NC(C(=O)O)C(C)C)c2)CCCCN(C)C1. The van der Waals surface area contributed by atoms with Crippen LogP contribution in [0, 0.1) is 5.92 Å². The number of likely N-dealkylation sites (tertiary alicyclic amines) is 1. The van der Waals surface area contributed by atoms with Gasteiger partial charge in [0.25, 0.3) is 0 Å². The number of benzene rings is 1. The predicted molar refractivity (Wildman–Crippen MR) is 132 cm³/mol. The molecule has 194 valence electrons. The molecule has 1 aliphatic heterocycles. The Bertz CT molecular complexity index is 918. The Kier molecular flexibility index (Phi) is 10.2. The molecule has 0 bridgehead atoms. The Morgan fingerprint density at radius 2 is 1.89 bits per heavy atom. The largest absolute Gasteiger partial charge is 0.480 e. The minimum Gasteiger partial charge on any atom is -0.480 e. The summed E-state index contributed by atoms with van der Waals surface area (Å²) in [5.74, 6) is -3.16. The first kappa shape index (κ1) is 28.3. The van der Waals surface area contributed by atoms with Crippen molar-refractivity contribution in [2.24, 2.45) is 5.92 Å². The number of ether oxygens (including phenoxy) is 1. The minimum atomic E-state index is -1.25. The van der Waals surface area contributed by atoms with Crippen molar-refractivity contribution in [3.05, 3.63) is 29.8 Å². The molecule has 1 heterocycles. The molecule has 35 heavy (non-hydrogen) atoms. The molecule has 0 aromatic heterocycles. The number of esters is 1. The first-order valence-corrected chi connectivity index (χ1v) is 12.3. The molecule has 1 aliphatic rings. The first-order chi connectivity index (χ1) is 16.5. The number of rotatable bonds is 10. The number of carbonyl (C=O) groups excluding carboxylic acids is 3. The molecular formula is C26H39N3O6. The summed E-state index contributed by atoms with van der Waals surface area (Å²) in [5.41, 5.74) is 1.08. The molecule has 1 aromatic rings. The Labute approximate surface area is 207 Å². The predicted octanol–water partition coefficient (Wildman–Crippen LogP) is 2.48. The molecule has 9 heteroatoms. The van der Waals surface area contributed by atoms with Crippen molar-refractivity contribution in [2.45, 2.75) is 77.3 Å². The van der Waals surface area contributed by atoms with Crippen molar-refractivity contribution in [1.29, 1.82) is 0 Å². The van der Waals surface area contributed by atoms with Crippen molar-refractivity contribution in [1.82, 2.24) is 15.5 Å². The summed E-state index contributed by atoms with van der Waals surface area (Å²) in [4.78, 5) is 50.8. The van der Waals surface area contributed by atoms with E-state index in [9.17, 15) is 24.3 Å². The van der Waals surface area contributed by atoms with E-state index in [1.54, 1.807) is 19.9 Å². The molecule has 9 nitrogen and oxygen atoms in total. The van der Waals surface area contributed by atoms with Crippen molar-refractivity contribution in [3.63, 3.8) is 0 Å². The monoisotopic (exact) mass is 489 g/mol. The van der Waals surface area contributed by atoms with Crippen molar-refractivity contribution in [3.8, 4) is 5.75 Å². The van der Waals surface area contributed by atoms with Gasteiger partial charge in [0.05, 0.1) is 6.42 Å².